The lowest BCUT2D eigenvalue weighted by Gasteiger charge is -2.23. The number of hydrogen-bond donors (Lipinski definition) is 2. The van der Waals surface area contributed by atoms with Crippen molar-refractivity contribution in [1.82, 2.24) is 15.5 Å². The van der Waals surface area contributed by atoms with Gasteiger partial charge in [0.2, 0.25) is 5.91 Å². The summed E-state index contributed by atoms with van der Waals surface area (Å²) in [7, 11) is 3.91. The van der Waals surface area contributed by atoms with Gasteiger partial charge >= 0.3 is 6.09 Å². The fourth-order valence-electron chi connectivity index (χ4n) is 2.26. The fourth-order valence-corrected chi connectivity index (χ4v) is 2.26. The maximum atomic E-state index is 12.2. The lowest BCUT2D eigenvalue weighted by molar-refractivity contribution is -0.121. The SMILES string of the molecule is CN(C)CCNC(=O)CC(Cc1ccccc1)NC(=O)OC(C)(C)C. The Hall–Kier alpha value is -2.08. The van der Waals surface area contributed by atoms with Crippen molar-refractivity contribution in [1.29, 1.82) is 0 Å². The summed E-state index contributed by atoms with van der Waals surface area (Å²) in [5.41, 5.74) is 0.486. The molecule has 6 heteroatoms. The van der Waals surface area contributed by atoms with Gasteiger partial charge in [0.25, 0.3) is 0 Å². The second kappa shape index (κ2) is 10.0. The number of nitrogens with zero attached hydrogens (tertiary/aromatic N) is 1. The minimum Gasteiger partial charge on any atom is -0.444 e. The molecule has 2 amide bonds. The number of ether oxygens (including phenoxy) is 1. The molecule has 1 atom stereocenters. The Bertz CT molecular complexity index is 539. The minimum atomic E-state index is -0.574. The Balaban J connectivity index is 2.64. The first-order valence-electron chi connectivity index (χ1n) is 8.60. The first kappa shape index (κ1) is 21.0. The van der Waals surface area contributed by atoms with Gasteiger partial charge in [-0.05, 0) is 46.9 Å². The van der Waals surface area contributed by atoms with E-state index in [1.807, 2.05) is 70.1 Å². The van der Waals surface area contributed by atoms with Gasteiger partial charge in [-0.2, -0.15) is 0 Å². The highest BCUT2D eigenvalue weighted by Crippen LogP contribution is 2.10. The van der Waals surface area contributed by atoms with E-state index in [-0.39, 0.29) is 18.4 Å². The molecule has 6 nitrogen and oxygen atoms in total. The number of hydrogen-bond acceptors (Lipinski definition) is 4. The number of alkyl carbamates (subject to hydrolysis) is 1. The average Bonchev–Trinajstić information content (AvgIpc) is 2.45. The van der Waals surface area contributed by atoms with E-state index in [1.165, 1.54) is 0 Å². The molecule has 140 valence electrons. The largest absolute Gasteiger partial charge is 0.444 e. The highest BCUT2D eigenvalue weighted by molar-refractivity contribution is 5.77. The average molecular weight is 349 g/mol. The van der Waals surface area contributed by atoms with Gasteiger partial charge in [-0.25, -0.2) is 4.79 Å². The summed E-state index contributed by atoms with van der Waals surface area (Å²) in [6.45, 7) is 6.79. The predicted octanol–water partition coefficient (Wildman–Crippen LogP) is 2.19. The second-order valence-corrected chi connectivity index (χ2v) is 7.39. The molecule has 1 aromatic carbocycles. The number of likely N-dealkylation sites (N-methyl/N-ethyl adjacent to an activating group) is 1. The number of nitrogens with one attached hydrogen (secondary N) is 2. The third-order valence-corrected chi connectivity index (χ3v) is 3.36. The Labute approximate surface area is 150 Å². The Morgan fingerprint density at radius 3 is 2.36 bits per heavy atom. The molecule has 1 rings (SSSR count). The van der Waals surface area contributed by atoms with Crippen LogP contribution in [0.4, 0.5) is 4.79 Å². The smallest absolute Gasteiger partial charge is 0.407 e. The second-order valence-electron chi connectivity index (χ2n) is 7.39. The Kier molecular flexibility index (Phi) is 8.41. The molecule has 0 saturated heterocycles. The van der Waals surface area contributed by atoms with Crippen LogP contribution in [0.5, 0.6) is 0 Å². The summed E-state index contributed by atoms with van der Waals surface area (Å²) in [5.74, 6) is -0.0844. The van der Waals surface area contributed by atoms with Gasteiger partial charge in [0.15, 0.2) is 0 Å². The topological polar surface area (TPSA) is 70.7 Å². The zero-order valence-corrected chi connectivity index (χ0v) is 16.0. The van der Waals surface area contributed by atoms with Crippen LogP contribution in [-0.4, -0.2) is 55.7 Å². The third kappa shape index (κ3) is 10.4. The van der Waals surface area contributed by atoms with Crippen molar-refractivity contribution in [2.75, 3.05) is 27.2 Å². The van der Waals surface area contributed by atoms with Crippen LogP contribution in [0.1, 0.15) is 32.8 Å². The molecule has 0 aromatic heterocycles. The van der Waals surface area contributed by atoms with Gasteiger partial charge in [0.1, 0.15) is 5.60 Å². The molecular formula is C19H31N3O3. The summed E-state index contributed by atoms with van der Waals surface area (Å²) >= 11 is 0. The summed E-state index contributed by atoms with van der Waals surface area (Å²) in [5, 5.41) is 5.70. The Morgan fingerprint density at radius 1 is 1.16 bits per heavy atom. The normalized spacial score (nSPS) is 12.6. The summed E-state index contributed by atoms with van der Waals surface area (Å²) in [6.07, 6.45) is 0.275. The van der Waals surface area contributed by atoms with Crippen molar-refractivity contribution >= 4 is 12.0 Å². The van der Waals surface area contributed by atoms with Crippen LogP contribution in [0.2, 0.25) is 0 Å². The molecule has 25 heavy (non-hydrogen) atoms. The first-order valence-corrected chi connectivity index (χ1v) is 8.60. The van der Waals surface area contributed by atoms with Crippen molar-refractivity contribution in [2.45, 2.75) is 45.3 Å². The quantitative estimate of drug-likeness (QED) is 0.755. The number of amides is 2. The van der Waals surface area contributed by atoms with E-state index >= 15 is 0 Å². The molecule has 0 spiro atoms. The van der Waals surface area contributed by atoms with Crippen molar-refractivity contribution in [3.8, 4) is 0 Å². The number of rotatable bonds is 8. The molecule has 0 bridgehead atoms. The van der Waals surface area contributed by atoms with Crippen molar-refractivity contribution in [3.05, 3.63) is 35.9 Å². The molecule has 0 aliphatic heterocycles. The third-order valence-electron chi connectivity index (χ3n) is 3.36. The van der Waals surface area contributed by atoms with Crippen LogP contribution < -0.4 is 10.6 Å². The standard InChI is InChI=1S/C19H31N3O3/c1-19(2,3)25-18(24)21-16(13-15-9-7-6-8-10-15)14-17(23)20-11-12-22(4)5/h6-10,16H,11-14H2,1-5H3,(H,20,23)(H,21,24). The van der Waals surface area contributed by atoms with E-state index in [0.29, 0.717) is 13.0 Å². The fraction of sp³-hybridized carbons (Fsp3) is 0.579. The first-order chi connectivity index (χ1) is 11.7. The van der Waals surface area contributed by atoms with Gasteiger partial charge in [0.05, 0.1) is 0 Å². The van der Waals surface area contributed by atoms with Crippen LogP contribution in [0.3, 0.4) is 0 Å². The van der Waals surface area contributed by atoms with Crippen LogP contribution >= 0.6 is 0 Å². The van der Waals surface area contributed by atoms with E-state index in [9.17, 15) is 9.59 Å². The number of carbonyl (C=O) groups is 2. The highest BCUT2D eigenvalue weighted by Gasteiger charge is 2.21. The van der Waals surface area contributed by atoms with Crippen LogP contribution in [-0.2, 0) is 16.0 Å². The van der Waals surface area contributed by atoms with Crippen molar-refractivity contribution in [2.24, 2.45) is 0 Å². The van der Waals surface area contributed by atoms with E-state index in [2.05, 4.69) is 10.6 Å². The lowest BCUT2D eigenvalue weighted by Crippen LogP contribution is -2.43. The maximum absolute atomic E-state index is 12.2. The molecule has 0 radical (unpaired) electrons. The van der Waals surface area contributed by atoms with E-state index in [0.717, 1.165) is 12.1 Å². The van der Waals surface area contributed by atoms with Gasteiger partial charge in [-0.1, -0.05) is 30.3 Å². The monoisotopic (exact) mass is 349 g/mol. The maximum Gasteiger partial charge on any atom is 0.407 e. The molecule has 0 saturated carbocycles. The van der Waals surface area contributed by atoms with Gasteiger partial charge < -0.3 is 20.3 Å². The van der Waals surface area contributed by atoms with Gasteiger partial charge in [-0.15, -0.1) is 0 Å². The zero-order valence-electron chi connectivity index (χ0n) is 16.0. The summed E-state index contributed by atoms with van der Waals surface area (Å²) < 4.78 is 5.31. The molecule has 2 N–H and O–H groups in total. The van der Waals surface area contributed by atoms with E-state index in [1.54, 1.807) is 0 Å². The number of benzene rings is 1. The molecule has 1 aromatic rings. The lowest BCUT2D eigenvalue weighted by atomic mass is 10.0. The van der Waals surface area contributed by atoms with Crippen LogP contribution in [0.25, 0.3) is 0 Å². The van der Waals surface area contributed by atoms with Gasteiger partial charge in [0, 0.05) is 25.6 Å². The molecule has 0 heterocycles. The zero-order chi connectivity index (χ0) is 18.9. The van der Waals surface area contributed by atoms with Crippen molar-refractivity contribution in [3.63, 3.8) is 0 Å². The minimum absolute atomic E-state index is 0.0844. The highest BCUT2D eigenvalue weighted by atomic mass is 16.6. The summed E-state index contributed by atoms with van der Waals surface area (Å²) in [6, 6.07) is 9.46. The Morgan fingerprint density at radius 2 is 1.80 bits per heavy atom. The number of carbonyl (C=O) groups excluding carboxylic acids is 2. The molecular weight excluding hydrogens is 318 g/mol. The van der Waals surface area contributed by atoms with Crippen LogP contribution in [0, 0.1) is 0 Å². The molecule has 0 aliphatic rings. The summed E-state index contributed by atoms with van der Waals surface area (Å²) in [4.78, 5) is 26.2. The van der Waals surface area contributed by atoms with Crippen molar-refractivity contribution < 1.29 is 14.3 Å². The molecule has 0 fully saturated rings. The molecule has 0 aliphatic carbocycles. The molecule has 1 unspecified atom stereocenters. The van der Waals surface area contributed by atoms with E-state index < -0.39 is 11.7 Å². The van der Waals surface area contributed by atoms with Crippen LogP contribution in [0.15, 0.2) is 30.3 Å². The van der Waals surface area contributed by atoms with E-state index in [4.69, 9.17) is 4.74 Å². The predicted molar refractivity (Wildman–Crippen MR) is 99.5 cm³/mol. The van der Waals surface area contributed by atoms with Gasteiger partial charge in [-0.3, -0.25) is 4.79 Å².